The Kier molecular flexibility index (Phi) is 16.6. The van der Waals surface area contributed by atoms with Crippen molar-refractivity contribution in [3.05, 3.63) is 0 Å². The molecule has 3 rings (SSSR count). The van der Waals surface area contributed by atoms with Crippen LogP contribution in [0.15, 0.2) is 0 Å². The van der Waals surface area contributed by atoms with Gasteiger partial charge in [-0.05, 0) is 74.9 Å². The Labute approximate surface area is 317 Å². The number of nitrogens with zero attached hydrogens (tertiary/aromatic N) is 1. The highest BCUT2D eigenvalue weighted by molar-refractivity contribution is 7.59. The number of carbonyl (C=O) groups excluding carboxylic acids is 2. The van der Waals surface area contributed by atoms with Gasteiger partial charge in [-0.15, -0.1) is 0 Å². The molecule has 3 aliphatic rings. The molecule has 306 valence electrons. The monoisotopic (exact) mass is 767 g/mol. The Morgan fingerprint density at radius 1 is 0.885 bits per heavy atom. The molecule has 0 amide bonds. The Hall–Kier alpha value is -0.950. The smallest absolute Gasteiger partial charge is 0.311 e. The van der Waals surface area contributed by atoms with Gasteiger partial charge >= 0.3 is 5.97 Å². The molecule has 0 aromatic carbocycles. The van der Waals surface area contributed by atoms with Crippen molar-refractivity contribution in [2.24, 2.45) is 23.7 Å². The number of aliphatic hydroxyl groups is 5. The van der Waals surface area contributed by atoms with Crippen LogP contribution in [0.2, 0.25) is 0 Å². The van der Waals surface area contributed by atoms with E-state index in [1.54, 1.807) is 41.5 Å². The van der Waals surface area contributed by atoms with Crippen LogP contribution in [0.3, 0.4) is 0 Å². The standard InChI is InChI=1S/C37H67NO13.H2S/c1-14-25-37(10,45)30(41)20(4)27(39)18(2)16-35(8,44)32(51-34-28(40)24(38(11)12)15-19(3)47-34)21(5)29(22(6)33(43)49-25)50-26-17-36(9,46-13)31(42)23(7)48-26;/h18-26,28-32,34,40-42,44-45H,14-17H2,1-13H3;1H2/t18-,19-,20+,21+,22-,23+,24+,25-,26+,28-,29+,30-,31+,32-,34+,35-,36-,37-;/m1./s1. The topological polar surface area (TPSA) is 194 Å². The van der Waals surface area contributed by atoms with Gasteiger partial charge in [-0.2, -0.15) is 13.5 Å². The summed E-state index contributed by atoms with van der Waals surface area (Å²) < 4.78 is 37.1. The second-order valence-electron chi connectivity index (χ2n) is 16.5. The van der Waals surface area contributed by atoms with E-state index in [-0.39, 0.29) is 44.9 Å². The summed E-state index contributed by atoms with van der Waals surface area (Å²) in [7, 11) is 5.18. The Morgan fingerprint density at radius 2 is 1.48 bits per heavy atom. The average Bonchev–Trinajstić information content (AvgIpc) is 3.05. The minimum Gasteiger partial charge on any atom is -0.459 e. The molecule has 3 aliphatic heterocycles. The van der Waals surface area contributed by atoms with Gasteiger partial charge in [0.15, 0.2) is 12.6 Å². The molecule has 0 unspecified atom stereocenters. The minimum absolute atomic E-state index is 0. The first-order valence-corrected chi connectivity index (χ1v) is 18.5. The number of ketones is 1. The zero-order chi connectivity index (χ0) is 39.0. The van der Waals surface area contributed by atoms with Crippen LogP contribution in [0, 0.1) is 23.7 Å². The number of esters is 1. The maximum atomic E-state index is 14.1. The minimum atomic E-state index is -1.99. The summed E-state index contributed by atoms with van der Waals surface area (Å²) in [4.78, 5) is 29.8. The molecule has 3 fully saturated rings. The third-order valence-electron chi connectivity index (χ3n) is 11.8. The molecule has 14 nitrogen and oxygen atoms in total. The van der Waals surface area contributed by atoms with Gasteiger partial charge in [-0.1, -0.05) is 27.7 Å². The fourth-order valence-electron chi connectivity index (χ4n) is 8.41. The molecule has 0 radical (unpaired) electrons. The van der Waals surface area contributed by atoms with Crippen molar-refractivity contribution < 1.29 is 63.5 Å². The van der Waals surface area contributed by atoms with Crippen LogP contribution in [0.5, 0.6) is 0 Å². The van der Waals surface area contributed by atoms with E-state index in [0.29, 0.717) is 6.42 Å². The number of cyclic esters (lactones) is 1. The summed E-state index contributed by atoms with van der Waals surface area (Å²) in [6.45, 7) is 16.3. The Bertz CT molecular complexity index is 1170. The van der Waals surface area contributed by atoms with E-state index in [4.69, 9.17) is 28.4 Å². The molecule has 3 saturated heterocycles. The van der Waals surface area contributed by atoms with Gasteiger partial charge in [0.2, 0.25) is 0 Å². The molecule has 0 bridgehead atoms. The maximum Gasteiger partial charge on any atom is 0.311 e. The van der Waals surface area contributed by atoms with E-state index in [2.05, 4.69) is 0 Å². The number of methoxy groups -OCH3 is 1. The number of hydrogen-bond acceptors (Lipinski definition) is 14. The predicted octanol–water partition coefficient (Wildman–Crippen LogP) is 1.90. The summed E-state index contributed by atoms with van der Waals surface area (Å²) in [6, 6.07) is -0.324. The second kappa shape index (κ2) is 18.3. The van der Waals surface area contributed by atoms with E-state index in [1.807, 2.05) is 25.9 Å². The van der Waals surface area contributed by atoms with Crippen molar-refractivity contribution in [2.75, 3.05) is 21.2 Å². The van der Waals surface area contributed by atoms with E-state index in [0.717, 1.165) is 0 Å². The summed E-state index contributed by atoms with van der Waals surface area (Å²) in [5.74, 6) is -4.98. The SMILES string of the molecule is CC[C@H]1OC(=O)[C@H](C)[C@@H](O[C@H]2C[C@@](C)(OC)[C@@H](O)[C@H](C)O2)[C@H](C)[C@@H](O[C@@H]2O[C@H](C)C[C@H](N(C)C)[C@H]2O)[C@](C)(O)C[C@@H](C)C(=O)[C@H](C)[C@@H](O)[C@]1(C)O.S. The average molecular weight is 768 g/mol. The molecular formula is C37H69NO13S. The van der Waals surface area contributed by atoms with Crippen LogP contribution in [0.1, 0.15) is 94.9 Å². The van der Waals surface area contributed by atoms with E-state index >= 15 is 0 Å². The molecule has 5 N–H and O–H groups in total. The zero-order valence-electron chi connectivity index (χ0n) is 33.4. The van der Waals surface area contributed by atoms with Gasteiger partial charge in [0.1, 0.15) is 29.7 Å². The highest BCUT2D eigenvalue weighted by atomic mass is 32.1. The summed E-state index contributed by atoms with van der Waals surface area (Å²) in [6.07, 6.45) is -9.71. The quantitative estimate of drug-likeness (QED) is 0.236. The molecule has 0 aromatic rings. The van der Waals surface area contributed by atoms with Crippen molar-refractivity contribution in [1.82, 2.24) is 4.90 Å². The predicted molar refractivity (Wildman–Crippen MR) is 197 cm³/mol. The fourth-order valence-corrected chi connectivity index (χ4v) is 8.41. The van der Waals surface area contributed by atoms with Crippen LogP contribution in [-0.4, -0.2) is 148 Å². The van der Waals surface area contributed by atoms with Crippen molar-refractivity contribution in [1.29, 1.82) is 0 Å². The number of hydrogen-bond donors (Lipinski definition) is 5. The molecule has 0 aliphatic carbocycles. The van der Waals surface area contributed by atoms with Crippen LogP contribution in [0.25, 0.3) is 0 Å². The van der Waals surface area contributed by atoms with E-state index < -0.39 is 108 Å². The summed E-state index contributed by atoms with van der Waals surface area (Å²) >= 11 is 0. The second-order valence-corrected chi connectivity index (χ2v) is 16.5. The largest absolute Gasteiger partial charge is 0.459 e. The number of ether oxygens (including phenoxy) is 6. The van der Waals surface area contributed by atoms with E-state index in [9.17, 15) is 35.1 Å². The van der Waals surface area contributed by atoms with Crippen LogP contribution < -0.4 is 0 Å². The molecule has 52 heavy (non-hydrogen) atoms. The summed E-state index contributed by atoms with van der Waals surface area (Å²) in [5.41, 5.74) is -4.84. The van der Waals surface area contributed by atoms with Crippen LogP contribution >= 0.6 is 13.5 Å². The highest BCUT2D eigenvalue weighted by Crippen LogP contribution is 2.40. The van der Waals surface area contributed by atoms with Crippen molar-refractivity contribution in [2.45, 2.75) is 179 Å². The van der Waals surface area contributed by atoms with E-state index in [1.165, 1.54) is 27.9 Å². The summed E-state index contributed by atoms with van der Waals surface area (Å²) in [5, 5.41) is 57.6. The number of carbonyl (C=O) groups is 2. The van der Waals surface area contributed by atoms with Gasteiger partial charge in [0, 0.05) is 37.3 Å². The van der Waals surface area contributed by atoms with Gasteiger partial charge < -0.3 is 58.9 Å². The molecule has 3 heterocycles. The lowest BCUT2D eigenvalue weighted by molar-refractivity contribution is -0.318. The zero-order valence-corrected chi connectivity index (χ0v) is 34.4. The lowest BCUT2D eigenvalue weighted by atomic mass is 9.74. The number of likely N-dealkylation sites (N-methyl/N-ethyl adjacent to an activating group) is 1. The third-order valence-corrected chi connectivity index (χ3v) is 11.8. The molecule has 0 saturated carbocycles. The van der Waals surface area contributed by atoms with Crippen molar-refractivity contribution in [3.63, 3.8) is 0 Å². The lowest BCUT2D eigenvalue weighted by Gasteiger charge is -2.49. The molecule has 0 spiro atoms. The fraction of sp³-hybridized carbons (Fsp3) is 0.946. The lowest BCUT2D eigenvalue weighted by Crippen LogP contribution is -2.61. The molecule has 0 aromatic heterocycles. The maximum absolute atomic E-state index is 14.1. The normalized spacial score (nSPS) is 48.8. The first-order chi connectivity index (χ1) is 23.4. The van der Waals surface area contributed by atoms with Crippen molar-refractivity contribution >= 4 is 25.2 Å². The number of aliphatic hydroxyl groups excluding tert-OH is 3. The Balaban J connectivity index is 0.00000936. The van der Waals surface area contributed by atoms with Gasteiger partial charge in [-0.3, -0.25) is 9.59 Å². The van der Waals surface area contributed by atoms with Crippen LogP contribution in [-0.2, 0) is 38.0 Å². The number of rotatable bonds is 7. The first kappa shape index (κ1) is 47.2. The molecule has 18 atom stereocenters. The van der Waals surface area contributed by atoms with Gasteiger partial charge in [-0.25, -0.2) is 0 Å². The van der Waals surface area contributed by atoms with Crippen LogP contribution in [0.4, 0.5) is 0 Å². The Morgan fingerprint density at radius 3 is 2.02 bits per heavy atom. The van der Waals surface area contributed by atoms with Crippen molar-refractivity contribution in [3.8, 4) is 0 Å². The highest BCUT2D eigenvalue weighted by Gasteiger charge is 2.53. The molecular weight excluding hydrogens is 698 g/mol. The first-order valence-electron chi connectivity index (χ1n) is 18.5. The van der Waals surface area contributed by atoms with Gasteiger partial charge in [0.05, 0.1) is 47.6 Å². The molecule has 15 heteroatoms. The van der Waals surface area contributed by atoms with Gasteiger partial charge in [0.25, 0.3) is 0 Å². The number of Topliss-reactive ketones (excluding diaryl/α,β-unsaturated/α-hetero) is 1. The third kappa shape index (κ3) is 10.1.